The molecule has 0 saturated heterocycles. The first-order chi connectivity index (χ1) is 12.2. The topological polar surface area (TPSA) is 61.7 Å². The predicted octanol–water partition coefficient (Wildman–Crippen LogP) is 1.78. The molecule has 25 heavy (non-hydrogen) atoms. The molecular weight excluding hydrogens is 314 g/mol. The number of benzene rings is 1. The molecule has 3 heterocycles. The monoisotopic (exact) mass is 335 g/mol. The normalized spacial score (nSPS) is 17.3. The van der Waals surface area contributed by atoms with Gasteiger partial charge in [-0.15, -0.1) is 0 Å². The van der Waals surface area contributed by atoms with Crippen molar-refractivity contribution in [2.24, 2.45) is 5.10 Å². The van der Waals surface area contributed by atoms with Gasteiger partial charge in [-0.3, -0.25) is 9.69 Å². The Kier molecular flexibility index (Phi) is 4.28. The molecule has 128 valence electrons. The van der Waals surface area contributed by atoms with Crippen molar-refractivity contribution in [1.29, 1.82) is 0 Å². The van der Waals surface area contributed by atoms with E-state index in [1.165, 1.54) is 5.56 Å². The fourth-order valence-corrected chi connectivity index (χ4v) is 3.34. The molecule has 0 fully saturated rings. The maximum absolute atomic E-state index is 12.6. The standard InChI is InChI=1S/C19H21N5O/c1-14-20-11-16-7-9-23(12-18(16)21-14)13-19(25)24-10-8-17(22-24)15-5-3-2-4-6-15/h2-6,11H,7-10,12-13H2,1H3. The lowest BCUT2D eigenvalue weighted by Gasteiger charge is -2.28. The quantitative estimate of drug-likeness (QED) is 0.858. The Morgan fingerprint density at radius 1 is 1.16 bits per heavy atom. The van der Waals surface area contributed by atoms with Gasteiger partial charge in [0.1, 0.15) is 5.82 Å². The summed E-state index contributed by atoms with van der Waals surface area (Å²) in [6.45, 7) is 4.50. The fraction of sp³-hybridized carbons (Fsp3) is 0.368. The van der Waals surface area contributed by atoms with Crippen molar-refractivity contribution in [3.63, 3.8) is 0 Å². The van der Waals surface area contributed by atoms with E-state index in [4.69, 9.17) is 0 Å². The molecule has 0 radical (unpaired) electrons. The zero-order valence-corrected chi connectivity index (χ0v) is 14.4. The highest BCUT2D eigenvalue weighted by Crippen LogP contribution is 2.18. The van der Waals surface area contributed by atoms with E-state index >= 15 is 0 Å². The van der Waals surface area contributed by atoms with Gasteiger partial charge in [0, 0.05) is 25.7 Å². The van der Waals surface area contributed by atoms with Crippen molar-refractivity contribution in [3.8, 4) is 0 Å². The molecule has 2 aliphatic heterocycles. The second-order valence-electron chi connectivity index (χ2n) is 6.53. The zero-order valence-electron chi connectivity index (χ0n) is 14.4. The molecule has 0 bridgehead atoms. The van der Waals surface area contributed by atoms with Crippen molar-refractivity contribution < 1.29 is 4.79 Å². The summed E-state index contributed by atoms with van der Waals surface area (Å²) >= 11 is 0. The van der Waals surface area contributed by atoms with Crippen molar-refractivity contribution >= 4 is 11.6 Å². The molecule has 6 nitrogen and oxygen atoms in total. The molecule has 1 aromatic carbocycles. The second-order valence-corrected chi connectivity index (χ2v) is 6.53. The number of hydrogen-bond acceptors (Lipinski definition) is 5. The molecular formula is C19H21N5O. The Bertz CT molecular complexity index is 818. The number of hydrazone groups is 1. The number of aryl methyl sites for hydroxylation is 1. The average Bonchev–Trinajstić information content (AvgIpc) is 3.12. The highest BCUT2D eigenvalue weighted by atomic mass is 16.2. The van der Waals surface area contributed by atoms with Gasteiger partial charge in [-0.1, -0.05) is 30.3 Å². The summed E-state index contributed by atoms with van der Waals surface area (Å²) in [7, 11) is 0. The largest absolute Gasteiger partial charge is 0.288 e. The Morgan fingerprint density at radius 2 is 2.00 bits per heavy atom. The lowest BCUT2D eigenvalue weighted by Crippen LogP contribution is -2.40. The van der Waals surface area contributed by atoms with Crippen LogP contribution < -0.4 is 0 Å². The van der Waals surface area contributed by atoms with Crippen LogP contribution in [0.5, 0.6) is 0 Å². The molecule has 1 aromatic heterocycles. The summed E-state index contributed by atoms with van der Waals surface area (Å²) in [4.78, 5) is 23.5. The van der Waals surface area contributed by atoms with Crippen LogP contribution >= 0.6 is 0 Å². The minimum Gasteiger partial charge on any atom is -0.288 e. The number of amides is 1. The molecule has 4 rings (SSSR count). The van der Waals surface area contributed by atoms with Crippen LogP contribution in [0.4, 0.5) is 0 Å². The highest BCUT2D eigenvalue weighted by Gasteiger charge is 2.25. The minimum absolute atomic E-state index is 0.0557. The van der Waals surface area contributed by atoms with Crippen LogP contribution in [0.1, 0.15) is 29.1 Å². The SMILES string of the molecule is Cc1ncc2c(n1)CN(CC(=O)N1CCC(c3ccccc3)=N1)CC2. The van der Waals surface area contributed by atoms with E-state index in [2.05, 4.69) is 20.0 Å². The van der Waals surface area contributed by atoms with Gasteiger partial charge in [-0.2, -0.15) is 5.10 Å². The van der Waals surface area contributed by atoms with E-state index in [9.17, 15) is 4.79 Å². The molecule has 0 saturated carbocycles. The van der Waals surface area contributed by atoms with Gasteiger partial charge in [-0.25, -0.2) is 15.0 Å². The summed E-state index contributed by atoms with van der Waals surface area (Å²) in [6.07, 6.45) is 3.61. The van der Waals surface area contributed by atoms with E-state index in [0.29, 0.717) is 19.6 Å². The molecule has 0 N–H and O–H groups in total. The summed E-state index contributed by atoms with van der Waals surface area (Å²) in [5.41, 5.74) is 4.32. The number of hydrogen-bond donors (Lipinski definition) is 0. The number of carbonyl (C=O) groups is 1. The highest BCUT2D eigenvalue weighted by molar-refractivity contribution is 6.02. The average molecular weight is 335 g/mol. The van der Waals surface area contributed by atoms with Crippen molar-refractivity contribution in [3.05, 3.63) is 59.2 Å². The first-order valence-corrected chi connectivity index (χ1v) is 8.66. The van der Waals surface area contributed by atoms with Crippen molar-refractivity contribution in [2.75, 3.05) is 19.6 Å². The lowest BCUT2D eigenvalue weighted by molar-refractivity contribution is -0.132. The molecule has 2 aliphatic rings. The van der Waals surface area contributed by atoms with E-state index < -0.39 is 0 Å². The predicted molar refractivity (Wildman–Crippen MR) is 95.1 cm³/mol. The Labute approximate surface area is 147 Å². The van der Waals surface area contributed by atoms with Gasteiger partial charge in [0.2, 0.25) is 0 Å². The molecule has 0 aliphatic carbocycles. The van der Waals surface area contributed by atoms with Gasteiger partial charge in [0.25, 0.3) is 5.91 Å². The van der Waals surface area contributed by atoms with Crippen LogP contribution in [0.15, 0.2) is 41.6 Å². The molecule has 0 spiro atoms. The number of rotatable bonds is 3. The van der Waals surface area contributed by atoms with Crippen LogP contribution in [-0.2, 0) is 17.8 Å². The molecule has 2 aromatic rings. The van der Waals surface area contributed by atoms with Crippen molar-refractivity contribution in [2.45, 2.75) is 26.3 Å². The minimum atomic E-state index is 0.0557. The van der Waals surface area contributed by atoms with E-state index in [-0.39, 0.29) is 5.91 Å². The maximum atomic E-state index is 12.6. The number of carbonyl (C=O) groups excluding carboxylic acids is 1. The van der Waals surface area contributed by atoms with Gasteiger partial charge >= 0.3 is 0 Å². The van der Waals surface area contributed by atoms with E-state index in [1.807, 2.05) is 43.5 Å². The summed E-state index contributed by atoms with van der Waals surface area (Å²) in [5.74, 6) is 0.837. The van der Waals surface area contributed by atoms with Crippen LogP contribution in [0, 0.1) is 6.92 Å². The summed E-state index contributed by atoms with van der Waals surface area (Å²) < 4.78 is 0. The first-order valence-electron chi connectivity index (χ1n) is 8.66. The van der Waals surface area contributed by atoms with Crippen LogP contribution in [0.3, 0.4) is 0 Å². The number of aromatic nitrogens is 2. The molecule has 1 amide bonds. The second kappa shape index (κ2) is 6.72. The Morgan fingerprint density at radius 3 is 2.84 bits per heavy atom. The molecule has 0 unspecified atom stereocenters. The smallest absolute Gasteiger partial charge is 0.256 e. The third-order valence-electron chi connectivity index (χ3n) is 4.70. The number of nitrogens with zero attached hydrogens (tertiary/aromatic N) is 5. The van der Waals surface area contributed by atoms with E-state index in [0.717, 1.165) is 42.2 Å². The fourth-order valence-electron chi connectivity index (χ4n) is 3.34. The Hall–Kier alpha value is -2.60. The lowest BCUT2D eigenvalue weighted by atomic mass is 10.1. The zero-order chi connectivity index (χ0) is 17.2. The molecule has 6 heteroatoms. The van der Waals surface area contributed by atoms with Crippen LogP contribution in [-0.4, -0.2) is 51.1 Å². The maximum Gasteiger partial charge on any atom is 0.256 e. The van der Waals surface area contributed by atoms with Gasteiger partial charge in [0.05, 0.1) is 24.5 Å². The third kappa shape index (κ3) is 3.44. The van der Waals surface area contributed by atoms with Crippen LogP contribution in [0.25, 0.3) is 0 Å². The van der Waals surface area contributed by atoms with Gasteiger partial charge < -0.3 is 0 Å². The van der Waals surface area contributed by atoms with Gasteiger partial charge in [0.15, 0.2) is 0 Å². The van der Waals surface area contributed by atoms with Crippen LogP contribution in [0.2, 0.25) is 0 Å². The van der Waals surface area contributed by atoms with Gasteiger partial charge in [-0.05, 0) is 24.5 Å². The van der Waals surface area contributed by atoms with E-state index in [1.54, 1.807) is 5.01 Å². The number of fused-ring (bicyclic) bond motifs is 1. The third-order valence-corrected chi connectivity index (χ3v) is 4.70. The van der Waals surface area contributed by atoms with Crippen molar-refractivity contribution in [1.82, 2.24) is 19.9 Å². The Balaban J connectivity index is 1.41. The summed E-state index contributed by atoms with van der Waals surface area (Å²) in [6, 6.07) is 10.1. The summed E-state index contributed by atoms with van der Waals surface area (Å²) in [5, 5.41) is 6.14. The first kappa shape index (κ1) is 15.9. The molecule has 0 atom stereocenters.